The van der Waals surface area contributed by atoms with Crippen molar-refractivity contribution >= 4 is 12.9 Å². The highest BCUT2D eigenvalue weighted by atomic mass is 16.7. The Labute approximate surface area is 121 Å². The molecule has 0 saturated carbocycles. The third-order valence-electron chi connectivity index (χ3n) is 4.29. The molecule has 1 aromatic heterocycles. The lowest BCUT2D eigenvalue weighted by Crippen LogP contribution is -2.41. The molecule has 0 amide bonds. The lowest BCUT2D eigenvalue weighted by molar-refractivity contribution is 0.00578. The number of carbonyl (C=O) groups excluding carboxylic acids is 1. The topological polar surface area (TPSA) is 48.4 Å². The summed E-state index contributed by atoms with van der Waals surface area (Å²) in [7, 11) is -0.514. The van der Waals surface area contributed by atoms with E-state index in [0.717, 1.165) is 0 Å². The molecule has 0 bridgehead atoms. The zero-order valence-electron chi connectivity index (χ0n) is 12.8. The lowest BCUT2D eigenvalue weighted by atomic mass is 9.67. The molecular formula is C15H22BNO3. The fourth-order valence-corrected chi connectivity index (χ4v) is 2.25. The molecule has 2 heterocycles. The summed E-state index contributed by atoms with van der Waals surface area (Å²) < 4.78 is 12.0. The second kappa shape index (κ2) is 5.30. The zero-order chi connectivity index (χ0) is 15.0. The predicted octanol–water partition coefficient (Wildman–Crippen LogP) is 3.14. The predicted molar refractivity (Wildman–Crippen MR) is 78.7 cm³/mol. The minimum atomic E-state index is -0.514. The van der Waals surface area contributed by atoms with Crippen LogP contribution in [0, 0.1) is 0 Å². The summed E-state index contributed by atoms with van der Waals surface area (Å²) in [6.45, 7) is 9.93. The van der Waals surface area contributed by atoms with Crippen LogP contribution in [0.2, 0.25) is 5.82 Å². The average Bonchev–Trinajstić information content (AvgIpc) is 2.60. The summed E-state index contributed by atoms with van der Waals surface area (Å²) in [5, 5.41) is 0. The van der Waals surface area contributed by atoms with E-state index in [2.05, 4.69) is 4.98 Å². The molecule has 5 heteroatoms. The summed E-state index contributed by atoms with van der Waals surface area (Å²) in [4.78, 5) is 16.7. The first kappa shape index (κ1) is 15.2. The second-order valence-electron chi connectivity index (χ2n) is 6.22. The van der Waals surface area contributed by atoms with Crippen LogP contribution >= 0.6 is 0 Å². The molecule has 0 radical (unpaired) electrons. The van der Waals surface area contributed by atoms with Gasteiger partial charge in [-0.05, 0) is 46.2 Å². The molecule has 20 heavy (non-hydrogen) atoms. The maximum atomic E-state index is 12.6. The van der Waals surface area contributed by atoms with Crippen molar-refractivity contribution in [1.29, 1.82) is 0 Å². The van der Waals surface area contributed by atoms with Crippen LogP contribution in [0.4, 0.5) is 0 Å². The normalized spacial score (nSPS) is 21.8. The van der Waals surface area contributed by atoms with Crippen molar-refractivity contribution in [2.45, 2.75) is 58.1 Å². The molecular weight excluding hydrogens is 253 g/mol. The molecule has 0 aliphatic carbocycles. The van der Waals surface area contributed by atoms with Gasteiger partial charge in [0.1, 0.15) is 5.69 Å². The Morgan fingerprint density at radius 1 is 1.25 bits per heavy atom. The summed E-state index contributed by atoms with van der Waals surface area (Å²) in [6, 6.07) is 5.35. The van der Waals surface area contributed by atoms with Crippen LogP contribution in [0.3, 0.4) is 0 Å². The largest absolute Gasteiger partial charge is 0.469 e. The van der Waals surface area contributed by atoms with E-state index in [1.165, 1.54) is 0 Å². The van der Waals surface area contributed by atoms with E-state index in [1.807, 2.05) is 40.7 Å². The van der Waals surface area contributed by atoms with Crippen molar-refractivity contribution in [3.05, 3.63) is 30.1 Å². The lowest BCUT2D eigenvalue weighted by Gasteiger charge is -2.32. The minimum Gasteiger partial charge on any atom is -0.403 e. The van der Waals surface area contributed by atoms with E-state index in [4.69, 9.17) is 9.31 Å². The third kappa shape index (κ3) is 2.65. The number of hydrogen-bond donors (Lipinski definition) is 0. The first-order chi connectivity index (χ1) is 9.28. The number of nitrogens with zero attached hydrogens (tertiary/aromatic N) is 1. The molecule has 1 saturated heterocycles. The van der Waals surface area contributed by atoms with Crippen LogP contribution in [0.1, 0.15) is 51.5 Å². The quantitative estimate of drug-likeness (QED) is 0.625. The monoisotopic (exact) mass is 275 g/mol. The molecule has 2 rings (SSSR count). The number of carbonyl (C=O) groups is 1. The van der Waals surface area contributed by atoms with Crippen molar-refractivity contribution in [3.63, 3.8) is 0 Å². The maximum absolute atomic E-state index is 12.6. The van der Waals surface area contributed by atoms with Crippen LogP contribution in [-0.4, -0.2) is 29.1 Å². The maximum Gasteiger partial charge on any atom is 0.469 e. The molecule has 0 N–H and O–H groups in total. The Hall–Kier alpha value is -1.20. The van der Waals surface area contributed by atoms with E-state index in [0.29, 0.717) is 12.1 Å². The number of ketones is 1. The minimum absolute atomic E-state index is 0.0217. The first-order valence-corrected chi connectivity index (χ1v) is 7.09. The van der Waals surface area contributed by atoms with Crippen LogP contribution in [-0.2, 0) is 9.31 Å². The van der Waals surface area contributed by atoms with E-state index >= 15 is 0 Å². The number of hydrogen-bond acceptors (Lipinski definition) is 4. The van der Waals surface area contributed by atoms with Crippen molar-refractivity contribution in [2.75, 3.05) is 0 Å². The fraction of sp³-hybridized carbons (Fsp3) is 0.600. The molecule has 1 atom stereocenters. The van der Waals surface area contributed by atoms with Crippen LogP contribution < -0.4 is 0 Å². The first-order valence-electron chi connectivity index (χ1n) is 7.09. The van der Waals surface area contributed by atoms with Gasteiger partial charge in [-0.3, -0.25) is 9.78 Å². The highest BCUT2D eigenvalue weighted by Gasteiger charge is 2.54. The Balaban J connectivity index is 2.21. The highest BCUT2D eigenvalue weighted by Crippen LogP contribution is 2.41. The number of aromatic nitrogens is 1. The molecule has 0 unspecified atom stereocenters. The van der Waals surface area contributed by atoms with Gasteiger partial charge >= 0.3 is 7.12 Å². The van der Waals surface area contributed by atoms with E-state index < -0.39 is 18.3 Å². The molecule has 0 spiro atoms. The van der Waals surface area contributed by atoms with Gasteiger partial charge in [0.2, 0.25) is 0 Å². The van der Waals surface area contributed by atoms with Crippen LogP contribution in [0.15, 0.2) is 24.4 Å². The average molecular weight is 275 g/mol. The Bertz CT molecular complexity index is 471. The Morgan fingerprint density at radius 3 is 2.30 bits per heavy atom. The summed E-state index contributed by atoms with van der Waals surface area (Å²) >= 11 is 0. The molecule has 1 fully saturated rings. The van der Waals surface area contributed by atoms with Gasteiger partial charge in [-0.25, -0.2) is 0 Å². The van der Waals surface area contributed by atoms with Crippen molar-refractivity contribution < 1.29 is 14.1 Å². The van der Waals surface area contributed by atoms with Crippen LogP contribution in [0.5, 0.6) is 0 Å². The van der Waals surface area contributed by atoms with Gasteiger partial charge < -0.3 is 9.31 Å². The van der Waals surface area contributed by atoms with Gasteiger partial charge in [-0.1, -0.05) is 13.0 Å². The van der Waals surface area contributed by atoms with Crippen LogP contribution in [0.25, 0.3) is 0 Å². The second-order valence-corrected chi connectivity index (χ2v) is 6.22. The number of rotatable bonds is 4. The van der Waals surface area contributed by atoms with Crippen molar-refractivity contribution in [1.82, 2.24) is 4.98 Å². The smallest absolute Gasteiger partial charge is 0.403 e. The Morgan fingerprint density at radius 2 is 1.85 bits per heavy atom. The van der Waals surface area contributed by atoms with Gasteiger partial charge in [0.25, 0.3) is 0 Å². The fourth-order valence-electron chi connectivity index (χ4n) is 2.25. The van der Waals surface area contributed by atoms with Crippen molar-refractivity contribution in [2.24, 2.45) is 0 Å². The van der Waals surface area contributed by atoms with Gasteiger partial charge in [0.05, 0.1) is 17.0 Å². The van der Waals surface area contributed by atoms with Crippen molar-refractivity contribution in [3.8, 4) is 0 Å². The van der Waals surface area contributed by atoms with Gasteiger partial charge in [0, 0.05) is 6.20 Å². The van der Waals surface area contributed by atoms with E-state index in [9.17, 15) is 4.79 Å². The summed E-state index contributed by atoms with van der Waals surface area (Å²) in [6.07, 6.45) is 2.29. The van der Waals surface area contributed by atoms with Gasteiger partial charge in [0.15, 0.2) is 5.78 Å². The van der Waals surface area contributed by atoms with Gasteiger partial charge in [-0.2, -0.15) is 0 Å². The number of Topliss-reactive ketones (excluding diaryl/α,β-unsaturated/α-hetero) is 1. The SMILES string of the molecule is CC[C@@H](B1OC(C)(C)C(C)(C)O1)C(=O)c1ccccn1. The molecule has 1 aromatic rings. The van der Waals surface area contributed by atoms with E-state index in [1.54, 1.807) is 18.3 Å². The zero-order valence-corrected chi connectivity index (χ0v) is 12.8. The Kier molecular flexibility index (Phi) is 4.03. The highest BCUT2D eigenvalue weighted by molar-refractivity contribution is 6.54. The summed E-state index contributed by atoms with van der Waals surface area (Å²) in [5.74, 6) is -0.349. The van der Waals surface area contributed by atoms with Gasteiger partial charge in [-0.15, -0.1) is 0 Å². The molecule has 108 valence electrons. The molecule has 1 aliphatic rings. The molecule has 0 aromatic carbocycles. The third-order valence-corrected chi connectivity index (χ3v) is 4.29. The molecule has 4 nitrogen and oxygen atoms in total. The standard InChI is InChI=1S/C15H22BNO3/c1-6-11(13(18)12-9-7-8-10-17-12)16-19-14(2,3)15(4,5)20-16/h7-11H,6H2,1-5H3/t11-/m1/s1. The number of pyridine rings is 1. The van der Waals surface area contributed by atoms with E-state index in [-0.39, 0.29) is 11.6 Å². The summed E-state index contributed by atoms with van der Waals surface area (Å²) in [5.41, 5.74) is -0.376. The molecule has 1 aliphatic heterocycles.